The molecule has 0 unspecified atom stereocenters. The number of hydrogen-bond acceptors (Lipinski definition) is 4. The number of amides is 1. The molecular weight excluding hydrogens is 354 g/mol. The lowest BCUT2D eigenvalue weighted by molar-refractivity contribution is -0.124. The highest BCUT2D eigenvalue weighted by molar-refractivity contribution is 8.15. The molecule has 1 heterocycles. The lowest BCUT2D eigenvalue weighted by Gasteiger charge is -2.16. The summed E-state index contributed by atoms with van der Waals surface area (Å²) >= 11 is 1.44. The fourth-order valence-corrected chi connectivity index (χ4v) is 3.92. The Bertz CT molecular complexity index is 1050. The SMILES string of the molecule is Cc1ccccc1CN1C(=O)CS/C1=N\N=C/c1cccc2ccccc12. The van der Waals surface area contributed by atoms with Crippen molar-refractivity contribution in [2.24, 2.45) is 10.2 Å². The Kier molecular flexibility index (Phi) is 5.03. The number of hydrogen-bond donors (Lipinski definition) is 0. The molecule has 0 spiro atoms. The Labute approximate surface area is 162 Å². The number of carbonyl (C=O) groups excluding carboxylic acids is 1. The minimum absolute atomic E-state index is 0.0716. The predicted molar refractivity (Wildman–Crippen MR) is 113 cm³/mol. The van der Waals surface area contributed by atoms with Crippen LogP contribution in [0.15, 0.2) is 76.9 Å². The second-order valence-corrected chi connectivity index (χ2v) is 7.33. The lowest BCUT2D eigenvalue weighted by atomic mass is 10.1. The van der Waals surface area contributed by atoms with E-state index in [4.69, 9.17) is 0 Å². The fourth-order valence-electron chi connectivity index (χ4n) is 3.09. The third-order valence-corrected chi connectivity index (χ3v) is 5.56. The fraction of sp³-hybridized carbons (Fsp3) is 0.136. The van der Waals surface area contributed by atoms with Crippen LogP contribution in [0, 0.1) is 6.92 Å². The van der Waals surface area contributed by atoms with Gasteiger partial charge in [-0.2, -0.15) is 5.10 Å². The van der Waals surface area contributed by atoms with Crippen LogP contribution in [0.4, 0.5) is 0 Å². The molecule has 1 saturated heterocycles. The number of rotatable bonds is 4. The summed E-state index contributed by atoms with van der Waals surface area (Å²) in [6.45, 7) is 2.58. The molecule has 0 aliphatic carbocycles. The van der Waals surface area contributed by atoms with E-state index in [-0.39, 0.29) is 5.91 Å². The molecule has 0 aromatic heterocycles. The van der Waals surface area contributed by atoms with Crippen molar-refractivity contribution in [3.63, 3.8) is 0 Å². The van der Waals surface area contributed by atoms with Gasteiger partial charge in [-0.1, -0.05) is 78.5 Å². The molecule has 1 fully saturated rings. The van der Waals surface area contributed by atoms with E-state index in [1.54, 1.807) is 11.1 Å². The van der Waals surface area contributed by atoms with Gasteiger partial charge in [0.2, 0.25) is 5.91 Å². The van der Waals surface area contributed by atoms with Crippen molar-refractivity contribution < 1.29 is 4.79 Å². The number of amidine groups is 1. The highest BCUT2D eigenvalue weighted by Gasteiger charge is 2.28. The first-order valence-corrected chi connectivity index (χ1v) is 9.77. The van der Waals surface area contributed by atoms with Crippen LogP contribution in [0.5, 0.6) is 0 Å². The predicted octanol–water partition coefficient (Wildman–Crippen LogP) is 4.61. The van der Waals surface area contributed by atoms with Gasteiger partial charge in [0.25, 0.3) is 0 Å². The number of benzene rings is 3. The van der Waals surface area contributed by atoms with Gasteiger partial charge in [0.15, 0.2) is 5.17 Å². The quantitative estimate of drug-likeness (QED) is 0.495. The zero-order valence-electron chi connectivity index (χ0n) is 15.0. The van der Waals surface area contributed by atoms with Gasteiger partial charge in [0, 0.05) is 5.56 Å². The van der Waals surface area contributed by atoms with Gasteiger partial charge in [-0.05, 0) is 28.8 Å². The van der Waals surface area contributed by atoms with Crippen molar-refractivity contribution in [3.05, 3.63) is 83.4 Å². The Morgan fingerprint density at radius 2 is 1.81 bits per heavy atom. The van der Waals surface area contributed by atoms with Gasteiger partial charge in [0.1, 0.15) is 0 Å². The van der Waals surface area contributed by atoms with Crippen molar-refractivity contribution in [2.45, 2.75) is 13.5 Å². The van der Waals surface area contributed by atoms with Crippen LogP contribution in [0.1, 0.15) is 16.7 Å². The van der Waals surface area contributed by atoms with Crippen LogP contribution in [0.3, 0.4) is 0 Å². The molecular formula is C22H19N3OS. The number of nitrogens with zero attached hydrogens (tertiary/aromatic N) is 3. The normalized spacial score (nSPS) is 16.1. The second kappa shape index (κ2) is 7.76. The first-order chi connectivity index (χ1) is 13.2. The summed E-state index contributed by atoms with van der Waals surface area (Å²) in [4.78, 5) is 14.0. The van der Waals surface area contributed by atoms with Crippen LogP contribution < -0.4 is 0 Å². The molecule has 134 valence electrons. The van der Waals surface area contributed by atoms with Crippen molar-refractivity contribution >= 4 is 39.8 Å². The molecule has 0 atom stereocenters. The van der Waals surface area contributed by atoms with E-state index in [1.165, 1.54) is 22.7 Å². The summed E-state index contributed by atoms with van der Waals surface area (Å²) in [5.74, 6) is 0.483. The van der Waals surface area contributed by atoms with Crippen LogP contribution >= 0.6 is 11.8 Å². The monoisotopic (exact) mass is 373 g/mol. The average molecular weight is 373 g/mol. The van der Waals surface area contributed by atoms with E-state index in [1.807, 2.05) is 42.5 Å². The van der Waals surface area contributed by atoms with Gasteiger partial charge in [0.05, 0.1) is 18.5 Å². The van der Waals surface area contributed by atoms with Crippen LogP contribution in [-0.2, 0) is 11.3 Å². The smallest absolute Gasteiger partial charge is 0.239 e. The minimum atomic E-state index is 0.0716. The maximum absolute atomic E-state index is 12.3. The Hall–Kier alpha value is -2.92. The molecule has 4 nitrogen and oxygen atoms in total. The number of thioether (sulfide) groups is 1. The van der Waals surface area contributed by atoms with E-state index >= 15 is 0 Å². The summed E-state index contributed by atoms with van der Waals surface area (Å²) in [7, 11) is 0. The van der Waals surface area contributed by atoms with Gasteiger partial charge >= 0.3 is 0 Å². The van der Waals surface area contributed by atoms with E-state index in [9.17, 15) is 4.79 Å². The molecule has 4 rings (SSSR count). The van der Waals surface area contributed by atoms with Crippen LogP contribution in [0.2, 0.25) is 0 Å². The number of aryl methyl sites for hydroxylation is 1. The van der Waals surface area contributed by atoms with Gasteiger partial charge in [-0.25, -0.2) is 0 Å². The molecule has 3 aromatic rings. The molecule has 1 amide bonds. The van der Waals surface area contributed by atoms with Gasteiger partial charge < -0.3 is 0 Å². The van der Waals surface area contributed by atoms with Crippen LogP contribution in [-0.4, -0.2) is 27.9 Å². The third kappa shape index (κ3) is 3.78. The zero-order chi connectivity index (χ0) is 18.6. The molecule has 0 saturated carbocycles. The van der Waals surface area contributed by atoms with Crippen molar-refractivity contribution in [3.8, 4) is 0 Å². The largest absolute Gasteiger partial charge is 0.285 e. The zero-order valence-corrected chi connectivity index (χ0v) is 15.8. The van der Waals surface area contributed by atoms with E-state index in [0.717, 1.165) is 16.5 Å². The summed E-state index contributed by atoms with van der Waals surface area (Å²) < 4.78 is 0. The molecule has 27 heavy (non-hydrogen) atoms. The van der Waals surface area contributed by atoms with E-state index in [2.05, 4.69) is 41.4 Å². The molecule has 1 aliphatic rings. The van der Waals surface area contributed by atoms with Crippen LogP contribution in [0.25, 0.3) is 10.8 Å². The molecule has 5 heteroatoms. The molecule has 0 N–H and O–H groups in total. The maximum Gasteiger partial charge on any atom is 0.239 e. The average Bonchev–Trinajstić information content (AvgIpc) is 3.03. The van der Waals surface area contributed by atoms with Crippen molar-refractivity contribution in [1.29, 1.82) is 0 Å². The molecule has 0 bridgehead atoms. The first-order valence-electron chi connectivity index (χ1n) is 8.79. The third-order valence-electron chi connectivity index (χ3n) is 4.61. The first kappa shape index (κ1) is 17.5. The Balaban J connectivity index is 1.58. The molecule has 0 radical (unpaired) electrons. The van der Waals surface area contributed by atoms with E-state index < -0.39 is 0 Å². The highest BCUT2D eigenvalue weighted by atomic mass is 32.2. The summed E-state index contributed by atoms with van der Waals surface area (Å²) in [5.41, 5.74) is 3.30. The lowest BCUT2D eigenvalue weighted by Crippen LogP contribution is -2.29. The topological polar surface area (TPSA) is 45.0 Å². The summed E-state index contributed by atoms with van der Waals surface area (Å²) in [6, 6.07) is 22.4. The summed E-state index contributed by atoms with van der Waals surface area (Å²) in [6.07, 6.45) is 1.75. The summed E-state index contributed by atoms with van der Waals surface area (Å²) in [5, 5.41) is 11.6. The van der Waals surface area contributed by atoms with Crippen molar-refractivity contribution in [1.82, 2.24) is 4.90 Å². The molecule has 3 aromatic carbocycles. The number of carbonyl (C=O) groups is 1. The van der Waals surface area contributed by atoms with E-state index in [0.29, 0.717) is 17.5 Å². The highest BCUT2D eigenvalue weighted by Crippen LogP contribution is 2.23. The van der Waals surface area contributed by atoms with Gasteiger partial charge in [-0.15, -0.1) is 5.10 Å². The van der Waals surface area contributed by atoms with Crippen molar-refractivity contribution in [2.75, 3.05) is 5.75 Å². The standard InChI is InChI=1S/C22H19N3OS/c1-16-7-2-3-9-19(16)14-25-21(26)15-27-22(25)24-23-13-18-11-6-10-17-8-4-5-12-20(17)18/h2-13H,14-15H2,1H3/b23-13-,24-22-. The maximum atomic E-state index is 12.3. The minimum Gasteiger partial charge on any atom is -0.285 e. The Morgan fingerprint density at radius 3 is 2.70 bits per heavy atom. The number of fused-ring (bicyclic) bond motifs is 1. The van der Waals surface area contributed by atoms with Gasteiger partial charge in [-0.3, -0.25) is 9.69 Å². The molecule has 1 aliphatic heterocycles. The Morgan fingerprint density at radius 1 is 1.04 bits per heavy atom. The second-order valence-electron chi connectivity index (χ2n) is 6.39.